The third-order valence-corrected chi connectivity index (χ3v) is 2.22. The van der Waals surface area contributed by atoms with Gasteiger partial charge in [-0.25, -0.2) is 0 Å². The predicted molar refractivity (Wildman–Crippen MR) is 55.0 cm³/mol. The maximum Gasteiger partial charge on any atom is 0.0733 e. The second-order valence-electron chi connectivity index (χ2n) is 2.92. The van der Waals surface area contributed by atoms with Gasteiger partial charge in [-0.3, -0.25) is 0 Å². The molecule has 2 N–H and O–H groups in total. The number of halogens is 1. The summed E-state index contributed by atoms with van der Waals surface area (Å²) in [7, 11) is 1.67. The van der Waals surface area contributed by atoms with E-state index in [4.69, 9.17) is 22.1 Å². The first-order chi connectivity index (χ1) is 6.26. The van der Waals surface area contributed by atoms with E-state index in [0.29, 0.717) is 6.54 Å². The quantitative estimate of drug-likeness (QED) is 0.804. The fraction of sp³-hybridized carbons (Fsp3) is 0.400. The zero-order valence-corrected chi connectivity index (χ0v) is 8.42. The van der Waals surface area contributed by atoms with Gasteiger partial charge in [0.05, 0.1) is 6.10 Å². The van der Waals surface area contributed by atoms with Gasteiger partial charge in [0.25, 0.3) is 0 Å². The van der Waals surface area contributed by atoms with Gasteiger partial charge >= 0.3 is 0 Å². The third kappa shape index (κ3) is 3.35. The van der Waals surface area contributed by atoms with Crippen LogP contribution in [0.1, 0.15) is 5.56 Å². The van der Waals surface area contributed by atoms with E-state index in [1.807, 2.05) is 24.3 Å². The van der Waals surface area contributed by atoms with Crippen molar-refractivity contribution in [2.75, 3.05) is 13.7 Å². The molecule has 0 fully saturated rings. The third-order valence-electron chi connectivity index (χ3n) is 1.97. The number of nitrogens with two attached hydrogens (primary N) is 1. The molecule has 1 rings (SSSR count). The molecular weight excluding hydrogens is 186 g/mol. The lowest BCUT2D eigenvalue weighted by atomic mass is 10.1. The van der Waals surface area contributed by atoms with Crippen LogP contribution < -0.4 is 5.73 Å². The van der Waals surface area contributed by atoms with Crippen molar-refractivity contribution in [3.05, 3.63) is 34.9 Å². The molecule has 0 saturated heterocycles. The first-order valence-electron chi connectivity index (χ1n) is 4.23. The second kappa shape index (κ2) is 5.22. The number of hydrogen-bond acceptors (Lipinski definition) is 2. The molecule has 72 valence electrons. The molecule has 0 bridgehead atoms. The zero-order chi connectivity index (χ0) is 9.68. The molecule has 2 nitrogen and oxygen atoms in total. The summed E-state index contributed by atoms with van der Waals surface area (Å²) in [5, 5.41) is 0.755. The standard InChI is InChI=1S/C10H14ClNO/c1-13-10(7-12)6-8-2-4-9(11)5-3-8/h2-5,10H,6-7,12H2,1H3. The van der Waals surface area contributed by atoms with Gasteiger partial charge in [0.15, 0.2) is 0 Å². The van der Waals surface area contributed by atoms with Gasteiger partial charge in [-0.15, -0.1) is 0 Å². The van der Waals surface area contributed by atoms with E-state index >= 15 is 0 Å². The summed E-state index contributed by atoms with van der Waals surface area (Å²) < 4.78 is 5.18. The van der Waals surface area contributed by atoms with Crippen LogP contribution in [0, 0.1) is 0 Å². The highest BCUT2D eigenvalue weighted by Gasteiger charge is 2.05. The van der Waals surface area contributed by atoms with Gasteiger partial charge in [0.1, 0.15) is 0 Å². The van der Waals surface area contributed by atoms with E-state index < -0.39 is 0 Å². The molecule has 0 radical (unpaired) electrons. The predicted octanol–water partition coefficient (Wildman–Crippen LogP) is 1.86. The van der Waals surface area contributed by atoms with Crippen LogP contribution in [0.5, 0.6) is 0 Å². The molecular formula is C10H14ClNO. The molecule has 0 aliphatic carbocycles. The van der Waals surface area contributed by atoms with Gasteiger partial charge in [-0.05, 0) is 24.1 Å². The number of ether oxygens (including phenoxy) is 1. The van der Waals surface area contributed by atoms with Crippen LogP contribution in [0.3, 0.4) is 0 Å². The Morgan fingerprint density at radius 1 is 1.38 bits per heavy atom. The highest BCUT2D eigenvalue weighted by Crippen LogP contribution is 2.11. The van der Waals surface area contributed by atoms with Crippen LogP contribution in [0.4, 0.5) is 0 Å². The molecule has 0 amide bonds. The van der Waals surface area contributed by atoms with Gasteiger partial charge in [-0.2, -0.15) is 0 Å². The molecule has 0 saturated carbocycles. The summed E-state index contributed by atoms with van der Waals surface area (Å²) in [5.41, 5.74) is 6.71. The Bertz CT molecular complexity index is 244. The Labute approximate surface area is 83.6 Å². The van der Waals surface area contributed by atoms with Crippen molar-refractivity contribution in [1.82, 2.24) is 0 Å². The fourth-order valence-electron chi connectivity index (χ4n) is 1.15. The van der Waals surface area contributed by atoms with Gasteiger partial charge in [-0.1, -0.05) is 23.7 Å². The molecule has 1 unspecified atom stereocenters. The van der Waals surface area contributed by atoms with Crippen LogP contribution >= 0.6 is 11.6 Å². The number of rotatable bonds is 4. The average molecular weight is 200 g/mol. The van der Waals surface area contributed by atoms with Crippen molar-refractivity contribution in [3.8, 4) is 0 Å². The first-order valence-corrected chi connectivity index (χ1v) is 4.61. The van der Waals surface area contributed by atoms with Crippen molar-refractivity contribution in [2.24, 2.45) is 5.73 Å². The van der Waals surface area contributed by atoms with Gasteiger partial charge < -0.3 is 10.5 Å². The summed E-state index contributed by atoms with van der Waals surface area (Å²) in [5.74, 6) is 0. The van der Waals surface area contributed by atoms with E-state index in [2.05, 4.69) is 0 Å². The van der Waals surface area contributed by atoms with Crippen molar-refractivity contribution >= 4 is 11.6 Å². The summed E-state index contributed by atoms with van der Waals surface area (Å²) in [6.07, 6.45) is 0.936. The highest BCUT2D eigenvalue weighted by molar-refractivity contribution is 6.30. The normalized spacial score (nSPS) is 12.8. The van der Waals surface area contributed by atoms with Crippen LogP contribution in [0.25, 0.3) is 0 Å². The van der Waals surface area contributed by atoms with Crippen molar-refractivity contribution < 1.29 is 4.74 Å². The number of benzene rings is 1. The Kier molecular flexibility index (Phi) is 4.22. The molecule has 0 spiro atoms. The van der Waals surface area contributed by atoms with E-state index in [1.165, 1.54) is 5.56 Å². The molecule has 0 aliphatic heterocycles. The average Bonchev–Trinajstić information content (AvgIpc) is 2.17. The van der Waals surface area contributed by atoms with Crippen molar-refractivity contribution in [1.29, 1.82) is 0 Å². The lowest BCUT2D eigenvalue weighted by molar-refractivity contribution is 0.110. The number of hydrogen-bond donors (Lipinski definition) is 1. The minimum atomic E-state index is 0.0983. The lowest BCUT2D eigenvalue weighted by Crippen LogP contribution is -2.24. The van der Waals surface area contributed by atoms with Crippen LogP contribution in [-0.4, -0.2) is 19.8 Å². The maximum absolute atomic E-state index is 5.76. The van der Waals surface area contributed by atoms with Crippen molar-refractivity contribution in [3.63, 3.8) is 0 Å². The van der Waals surface area contributed by atoms with Crippen LogP contribution in [0.15, 0.2) is 24.3 Å². The summed E-state index contributed by atoms with van der Waals surface area (Å²) in [6, 6.07) is 7.73. The fourth-order valence-corrected chi connectivity index (χ4v) is 1.27. The van der Waals surface area contributed by atoms with Gasteiger partial charge in [0.2, 0.25) is 0 Å². The molecule has 0 aromatic heterocycles. The zero-order valence-electron chi connectivity index (χ0n) is 7.66. The maximum atomic E-state index is 5.76. The summed E-state index contributed by atoms with van der Waals surface area (Å²) in [4.78, 5) is 0. The minimum absolute atomic E-state index is 0.0983. The largest absolute Gasteiger partial charge is 0.380 e. The van der Waals surface area contributed by atoms with Crippen LogP contribution in [0.2, 0.25) is 5.02 Å². The molecule has 1 aromatic carbocycles. The topological polar surface area (TPSA) is 35.2 Å². The Morgan fingerprint density at radius 3 is 2.46 bits per heavy atom. The Morgan fingerprint density at radius 2 is 2.00 bits per heavy atom. The van der Waals surface area contributed by atoms with Gasteiger partial charge in [0, 0.05) is 18.7 Å². The monoisotopic (exact) mass is 199 g/mol. The van der Waals surface area contributed by atoms with E-state index in [1.54, 1.807) is 7.11 Å². The molecule has 0 aliphatic rings. The number of methoxy groups -OCH3 is 1. The molecule has 0 heterocycles. The Hall–Kier alpha value is -0.570. The SMILES string of the molecule is COC(CN)Cc1ccc(Cl)cc1. The Balaban J connectivity index is 2.58. The molecule has 1 aromatic rings. The van der Waals surface area contributed by atoms with Crippen molar-refractivity contribution in [2.45, 2.75) is 12.5 Å². The molecule has 13 heavy (non-hydrogen) atoms. The second-order valence-corrected chi connectivity index (χ2v) is 3.36. The highest BCUT2D eigenvalue weighted by atomic mass is 35.5. The minimum Gasteiger partial charge on any atom is -0.380 e. The lowest BCUT2D eigenvalue weighted by Gasteiger charge is -2.12. The van der Waals surface area contributed by atoms with E-state index in [0.717, 1.165) is 11.4 Å². The van der Waals surface area contributed by atoms with E-state index in [-0.39, 0.29) is 6.10 Å². The van der Waals surface area contributed by atoms with Crippen LogP contribution in [-0.2, 0) is 11.2 Å². The summed E-state index contributed by atoms with van der Waals surface area (Å²) >= 11 is 5.76. The molecule has 3 heteroatoms. The van der Waals surface area contributed by atoms with E-state index in [9.17, 15) is 0 Å². The smallest absolute Gasteiger partial charge is 0.0733 e. The summed E-state index contributed by atoms with van der Waals surface area (Å²) in [6.45, 7) is 0.541. The molecule has 1 atom stereocenters. The first kappa shape index (κ1) is 10.5.